The highest BCUT2D eigenvalue weighted by atomic mass is 16.4. The number of hydrogen-bond acceptors (Lipinski definition) is 2. The smallest absolute Gasteiger partial charge is 0.309 e. The Morgan fingerprint density at radius 3 is 2.68 bits per heavy atom. The van der Waals surface area contributed by atoms with Gasteiger partial charge < -0.3 is 9.67 Å². The summed E-state index contributed by atoms with van der Waals surface area (Å²) >= 11 is 0. The number of Topliss-reactive ketones (excluding diaryl/α,β-unsaturated/α-hetero) is 1. The first-order valence-corrected chi connectivity index (χ1v) is 9.01. The van der Waals surface area contributed by atoms with Gasteiger partial charge in [-0.1, -0.05) is 24.3 Å². The van der Waals surface area contributed by atoms with Crippen molar-refractivity contribution in [2.45, 2.75) is 44.9 Å². The number of carboxylic acids is 1. The van der Waals surface area contributed by atoms with Gasteiger partial charge in [-0.2, -0.15) is 0 Å². The Morgan fingerprint density at radius 1 is 1.16 bits per heavy atom. The lowest BCUT2D eigenvalue weighted by atomic mass is 9.81. The number of aliphatic carboxylic acids is 1. The van der Waals surface area contributed by atoms with E-state index in [9.17, 15) is 9.59 Å². The fourth-order valence-corrected chi connectivity index (χ4v) is 3.86. The van der Waals surface area contributed by atoms with Gasteiger partial charge in [-0.15, -0.1) is 0 Å². The highest BCUT2D eigenvalue weighted by Gasteiger charge is 2.19. The third-order valence-corrected chi connectivity index (χ3v) is 5.31. The fourth-order valence-electron chi connectivity index (χ4n) is 3.86. The van der Waals surface area contributed by atoms with Crippen LogP contribution in [0, 0.1) is 5.92 Å². The van der Waals surface area contributed by atoms with E-state index in [1.165, 1.54) is 17.5 Å². The summed E-state index contributed by atoms with van der Waals surface area (Å²) in [5, 5.41) is 8.90. The third-order valence-electron chi connectivity index (χ3n) is 5.31. The Bertz CT molecular complexity index is 775. The summed E-state index contributed by atoms with van der Waals surface area (Å²) in [7, 11) is 1.77. The van der Waals surface area contributed by atoms with Crippen LogP contribution in [0.25, 0.3) is 0 Å². The van der Waals surface area contributed by atoms with E-state index in [1.807, 2.05) is 0 Å². The van der Waals surface area contributed by atoms with Crippen molar-refractivity contribution in [3.63, 3.8) is 0 Å². The number of carbonyl (C=O) groups is 2. The molecule has 132 valence electrons. The van der Waals surface area contributed by atoms with Crippen LogP contribution in [0.5, 0.6) is 0 Å². The van der Waals surface area contributed by atoms with Crippen LogP contribution in [0.4, 0.5) is 0 Å². The van der Waals surface area contributed by atoms with E-state index in [4.69, 9.17) is 5.11 Å². The van der Waals surface area contributed by atoms with E-state index in [0.29, 0.717) is 23.7 Å². The maximum Gasteiger partial charge on any atom is 0.309 e. The fraction of sp³-hybridized carbons (Fsp3) is 0.429. The minimum absolute atomic E-state index is 0.0503. The number of carboxylic acid groups (broad SMARTS) is 1. The van der Waals surface area contributed by atoms with Crippen molar-refractivity contribution in [3.05, 3.63) is 58.9 Å². The number of aryl methyl sites for hydroxylation is 1. The highest BCUT2D eigenvalue weighted by molar-refractivity contribution is 5.94. The number of hydrogen-bond donors (Lipinski definition) is 1. The van der Waals surface area contributed by atoms with Crippen molar-refractivity contribution in [2.24, 2.45) is 13.0 Å². The summed E-state index contributed by atoms with van der Waals surface area (Å²) in [4.78, 5) is 23.3. The minimum atomic E-state index is -0.877. The molecule has 25 heavy (non-hydrogen) atoms. The first kappa shape index (κ1) is 17.5. The van der Waals surface area contributed by atoms with Gasteiger partial charge in [0.1, 0.15) is 0 Å². The summed E-state index contributed by atoms with van der Waals surface area (Å²) in [6, 6.07) is 12.1. The molecule has 1 heterocycles. The van der Waals surface area contributed by atoms with Crippen LogP contribution in [0.3, 0.4) is 0 Å². The van der Waals surface area contributed by atoms with E-state index >= 15 is 0 Å². The van der Waals surface area contributed by atoms with Crippen molar-refractivity contribution in [2.75, 3.05) is 0 Å². The SMILES string of the molecule is Cn1c(CC(=O)O)ccc1C(=O)CCCC1CCc2ccccc2C1. The molecule has 1 aliphatic carbocycles. The van der Waals surface area contributed by atoms with E-state index in [1.54, 1.807) is 23.7 Å². The molecule has 0 bridgehead atoms. The molecule has 0 saturated carbocycles. The van der Waals surface area contributed by atoms with E-state index in [2.05, 4.69) is 24.3 Å². The van der Waals surface area contributed by atoms with Gasteiger partial charge >= 0.3 is 5.97 Å². The maximum absolute atomic E-state index is 12.4. The minimum Gasteiger partial charge on any atom is -0.481 e. The van der Waals surface area contributed by atoms with E-state index < -0.39 is 5.97 Å². The standard InChI is InChI=1S/C21H25NO3/c1-22-18(14-21(24)25)11-12-19(22)20(23)8-4-5-15-9-10-16-6-2-3-7-17(16)13-15/h2-3,6-7,11-12,15H,4-5,8-10,13-14H2,1H3,(H,24,25). The molecule has 0 radical (unpaired) electrons. The first-order valence-electron chi connectivity index (χ1n) is 9.01. The van der Waals surface area contributed by atoms with E-state index in [0.717, 1.165) is 25.7 Å². The molecule has 1 unspecified atom stereocenters. The zero-order chi connectivity index (χ0) is 17.8. The van der Waals surface area contributed by atoms with Crippen LogP contribution in [-0.2, 0) is 31.1 Å². The van der Waals surface area contributed by atoms with Crippen molar-refractivity contribution in [1.82, 2.24) is 4.57 Å². The van der Waals surface area contributed by atoms with Crippen molar-refractivity contribution < 1.29 is 14.7 Å². The molecule has 4 nitrogen and oxygen atoms in total. The third kappa shape index (κ3) is 4.19. The molecule has 3 rings (SSSR count). The Balaban J connectivity index is 1.50. The lowest BCUT2D eigenvalue weighted by Crippen LogP contribution is -2.15. The summed E-state index contributed by atoms with van der Waals surface area (Å²) in [5.74, 6) is -0.105. The summed E-state index contributed by atoms with van der Waals surface area (Å²) in [6.45, 7) is 0. The van der Waals surface area contributed by atoms with Gasteiger partial charge in [0.2, 0.25) is 0 Å². The Kier molecular flexibility index (Phi) is 5.37. The van der Waals surface area contributed by atoms with Gasteiger partial charge in [0.05, 0.1) is 12.1 Å². The number of nitrogens with zero attached hydrogens (tertiary/aromatic N) is 1. The molecule has 1 aromatic heterocycles. The van der Waals surface area contributed by atoms with Crippen LogP contribution in [0.15, 0.2) is 36.4 Å². The molecule has 1 N–H and O–H groups in total. The number of carbonyl (C=O) groups excluding carboxylic acids is 1. The molecule has 1 atom stereocenters. The van der Waals surface area contributed by atoms with Crippen LogP contribution in [0.1, 0.15) is 53.0 Å². The molecule has 0 aliphatic heterocycles. The lowest BCUT2D eigenvalue weighted by molar-refractivity contribution is -0.136. The normalized spacial score (nSPS) is 16.4. The van der Waals surface area contributed by atoms with Crippen LogP contribution < -0.4 is 0 Å². The summed E-state index contributed by atoms with van der Waals surface area (Å²) in [6.07, 6.45) is 5.92. The van der Waals surface area contributed by atoms with Gasteiger partial charge in [-0.3, -0.25) is 9.59 Å². The van der Waals surface area contributed by atoms with Crippen molar-refractivity contribution in [1.29, 1.82) is 0 Å². The monoisotopic (exact) mass is 339 g/mol. The number of ketones is 1. The molecule has 0 fully saturated rings. The van der Waals surface area contributed by atoms with Gasteiger partial charge in [0.15, 0.2) is 5.78 Å². The second-order valence-corrected chi connectivity index (χ2v) is 7.03. The molecular formula is C21H25NO3. The second-order valence-electron chi connectivity index (χ2n) is 7.03. The molecule has 0 amide bonds. The van der Waals surface area contributed by atoms with Crippen molar-refractivity contribution >= 4 is 11.8 Å². The number of aromatic nitrogens is 1. The summed E-state index contributed by atoms with van der Waals surface area (Å²) < 4.78 is 1.72. The number of rotatable bonds is 7. The predicted octanol–water partition coefficient (Wildman–Crippen LogP) is 3.81. The Labute approximate surface area is 148 Å². The lowest BCUT2D eigenvalue weighted by Gasteiger charge is -2.24. The average molecular weight is 339 g/mol. The second kappa shape index (κ2) is 7.68. The molecule has 1 aromatic carbocycles. The van der Waals surface area contributed by atoms with Gasteiger partial charge in [0, 0.05) is 19.2 Å². The van der Waals surface area contributed by atoms with Gasteiger partial charge in [-0.25, -0.2) is 0 Å². The number of benzene rings is 1. The first-order chi connectivity index (χ1) is 12.0. The quantitative estimate of drug-likeness (QED) is 0.780. The molecule has 2 aromatic rings. The van der Waals surface area contributed by atoms with Crippen LogP contribution in [-0.4, -0.2) is 21.4 Å². The zero-order valence-electron chi connectivity index (χ0n) is 14.7. The topological polar surface area (TPSA) is 59.3 Å². The molecular weight excluding hydrogens is 314 g/mol. The van der Waals surface area contributed by atoms with Gasteiger partial charge in [-0.05, 0) is 61.3 Å². The summed E-state index contributed by atoms with van der Waals surface area (Å²) in [5.41, 5.74) is 4.22. The molecule has 1 aliphatic rings. The Hall–Kier alpha value is -2.36. The largest absolute Gasteiger partial charge is 0.481 e. The van der Waals surface area contributed by atoms with Gasteiger partial charge in [0.25, 0.3) is 0 Å². The number of fused-ring (bicyclic) bond motifs is 1. The average Bonchev–Trinajstić information content (AvgIpc) is 2.95. The maximum atomic E-state index is 12.4. The molecule has 0 saturated heterocycles. The zero-order valence-corrected chi connectivity index (χ0v) is 14.7. The predicted molar refractivity (Wildman–Crippen MR) is 96.9 cm³/mol. The van der Waals surface area contributed by atoms with Crippen molar-refractivity contribution in [3.8, 4) is 0 Å². The van der Waals surface area contributed by atoms with Crippen LogP contribution >= 0.6 is 0 Å². The Morgan fingerprint density at radius 2 is 1.92 bits per heavy atom. The van der Waals surface area contributed by atoms with Crippen LogP contribution in [0.2, 0.25) is 0 Å². The highest BCUT2D eigenvalue weighted by Crippen LogP contribution is 2.28. The molecule has 0 spiro atoms. The molecule has 4 heteroatoms. The van der Waals surface area contributed by atoms with E-state index in [-0.39, 0.29) is 12.2 Å².